The van der Waals surface area contributed by atoms with Crippen molar-refractivity contribution in [2.75, 3.05) is 0 Å². The van der Waals surface area contributed by atoms with Crippen LogP contribution < -0.4 is 0 Å². The SMILES string of the molecule is CCC(C)(C)/C(O)=C/C(=O)C(C)(C)C.Cc1ccc2c(c1)oc1c(-c3nc(C)nc4c3ccc3cc(C(C)(C)C)cc(C)c34)[c-]ccc12.[Ir]. The predicted octanol–water partition coefficient (Wildman–Crippen LogP) is 11.8. The number of hydrogen-bond acceptors (Lipinski definition) is 5. The summed E-state index contributed by atoms with van der Waals surface area (Å²) < 4.78 is 6.38. The third-order valence-corrected chi connectivity index (χ3v) is 9.37. The first-order valence-corrected chi connectivity index (χ1v) is 16.8. The Morgan fingerprint density at radius 1 is 0.878 bits per heavy atom. The van der Waals surface area contributed by atoms with Gasteiger partial charge in [0.15, 0.2) is 5.78 Å². The second-order valence-electron chi connectivity index (χ2n) is 15.8. The molecular formula is C43H49IrN2O3-. The summed E-state index contributed by atoms with van der Waals surface area (Å²) in [7, 11) is 0. The Morgan fingerprint density at radius 3 is 2.18 bits per heavy atom. The van der Waals surface area contributed by atoms with Gasteiger partial charge in [0, 0.05) is 53.5 Å². The van der Waals surface area contributed by atoms with E-state index in [1.807, 2.05) is 54.5 Å². The van der Waals surface area contributed by atoms with Gasteiger partial charge in [-0.15, -0.1) is 18.2 Å². The molecule has 0 saturated heterocycles. The Balaban J connectivity index is 0.000000309. The molecule has 259 valence electrons. The van der Waals surface area contributed by atoms with Gasteiger partial charge >= 0.3 is 0 Å². The van der Waals surface area contributed by atoms with Gasteiger partial charge < -0.3 is 9.52 Å². The van der Waals surface area contributed by atoms with E-state index in [2.05, 4.69) is 89.2 Å². The first-order valence-electron chi connectivity index (χ1n) is 16.8. The summed E-state index contributed by atoms with van der Waals surface area (Å²) >= 11 is 0. The molecule has 49 heavy (non-hydrogen) atoms. The summed E-state index contributed by atoms with van der Waals surface area (Å²) in [4.78, 5) is 21.4. The van der Waals surface area contributed by atoms with E-state index in [9.17, 15) is 9.90 Å². The molecule has 0 atom stereocenters. The number of aliphatic hydroxyl groups excluding tert-OH is 1. The first-order chi connectivity index (χ1) is 22.3. The Labute approximate surface area is 304 Å². The van der Waals surface area contributed by atoms with Crippen LogP contribution >= 0.6 is 0 Å². The Hall–Kier alpha value is -3.86. The van der Waals surface area contributed by atoms with E-state index in [0.29, 0.717) is 0 Å². The maximum Gasteiger partial charge on any atom is 0.164 e. The number of aryl methyl sites for hydroxylation is 3. The maximum atomic E-state index is 11.6. The van der Waals surface area contributed by atoms with Gasteiger partial charge in [0.2, 0.25) is 0 Å². The van der Waals surface area contributed by atoms with Crippen LogP contribution in [0.3, 0.4) is 0 Å². The van der Waals surface area contributed by atoms with Gasteiger partial charge in [0.1, 0.15) is 17.2 Å². The van der Waals surface area contributed by atoms with Crippen LogP contribution in [0.1, 0.15) is 91.2 Å². The van der Waals surface area contributed by atoms with Crippen molar-refractivity contribution < 1.29 is 34.4 Å². The van der Waals surface area contributed by atoms with E-state index in [4.69, 9.17) is 14.4 Å². The van der Waals surface area contributed by atoms with Crippen molar-refractivity contribution in [3.8, 4) is 11.3 Å². The molecule has 1 radical (unpaired) electrons. The molecule has 0 amide bonds. The fourth-order valence-corrected chi connectivity index (χ4v) is 5.74. The quantitative estimate of drug-likeness (QED) is 0.0829. The molecule has 0 bridgehead atoms. The van der Waals surface area contributed by atoms with Crippen LogP contribution in [0.2, 0.25) is 0 Å². The van der Waals surface area contributed by atoms with Gasteiger partial charge in [-0.3, -0.25) is 9.78 Å². The third kappa shape index (κ3) is 7.66. The van der Waals surface area contributed by atoms with E-state index in [1.54, 1.807) is 0 Å². The summed E-state index contributed by atoms with van der Waals surface area (Å²) in [5.41, 5.74) is 7.55. The number of carbonyl (C=O) groups is 1. The number of hydrogen-bond donors (Lipinski definition) is 1. The molecule has 0 aliphatic carbocycles. The molecule has 1 N–H and O–H groups in total. The molecule has 6 heteroatoms. The fourth-order valence-electron chi connectivity index (χ4n) is 5.74. The standard InChI is InChI=1S/C31H27N2O.C12H22O2.Ir/c1-17-10-12-22-23-8-7-9-25(30(23)34-26(22)14-17)28-24-13-11-20-16-21(31(4,5)6)15-18(2)27(20)29(24)33-19(3)32-28;1-7-12(5,6)10(14)8-9(13)11(2,3)4;/h7-8,10-16H,1-6H3;8,14H,7H2,1-6H3;/q-1;;/b;10-8-;. The minimum atomic E-state index is -0.419. The summed E-state index contributed by atoms with van der Waals surface area (Å²) in [5.74, 6) is 0.892. The van der Waals surface area contributed by atoms with E-state index in [-0.39, 0.29) is 42.5 Å². The van der Waals surface area contributed by atoms with Crippen molar-refractivity contribution in [3.05, 3.63) is 95.0 Å². The number of carbonyl (C=O) groups excluding carboxylic acids is 1. The maximum absolute atomic E-state index is 11.6. The number of rotatable bonds is 4. The van der Waals surface area contributed by atoms with Crippen molar-refractivity contribution in [1.82, 2.24) is 9.97 Å². The normalized spacial score (nSPS) is 12.7. The summed E-state index contributed by atoms with van der Waals surface area (Å²) in [5, 5.41) is 15.4. The number of furan rings is 1. The minimum Gasteiger partial charge on any atom is -0.512 e. The van der Waals surface area contributed by atoms with Gasteiger partial charge in [-0.2, -0.15) is 0 Å². The number of aromatic nitrogens is 2. The molecule has 0 fully saturated rings. The van der Waals surface area contributed by atoms with Gasteiger partial charge in [0.25, 0.3) is 0 Å². The Kier molecular flexibility index (Phi) is 10.7. The van der Waals surface area contributed by atoms with Crippen molar-refractivity contribution >= 4 is 49.4 Å². The van der Waals surface area contributed by atoms with Crippen LogP contribution in [-0.4, -0.2) is 20.9 Å². The number of allylic oxidation sites excluding steroid dienone is 2. The van der Waals surface area contributed by atoms with Crippen LogP contribution in [0, 0.1) is 37.7 Å². The first kappa shape index (κ1) is 37.9. The van der Waals surface area contributed by atoms with Crippen LogP contribution in [0.4, 0.5) is 0 Å². The van der Waals surface area contributed by atoms with Crippen molar-refractivity contribution in [1.29, 1.82) is 0 Å². The predicted molar refractivity (Wildman–Crippen MR) is 201 cm³/mol. The molecule has 0 aliphatic rings. The van der Waals surface area contributed by atoms with Crippen LogP contribution in [0.25, 0.3) is 54.9 Å². The van der Waals surface area contributed by atoms with Crippen LogP contribution in [0.15, 0.2) is 70.8 Å². The Bertz CT molecular complexity index is 2230. The van der Waals surface area contributed by atoms with Crippen molar-refractivity contribution in [3.63, 3.8) is 0 Å². The topological polar surface area (TPSA) is 76.2 Å². The summed E-state index contributed by atoms with van der Waals surface area (Å²) in [6.45, 7) is 24.4. The molecule has 0 spiro atoms. The number of fused-ring (bicyclic) bond motifs is 6. The fraction of sp³-hybridized carbons (Fsp3) is 0.372. The Morgan fingerprint density at radius 2 is 1.55 bits per heavy atom. The van der Waals surface area contributed by atoms with Crippen LogP contribution in [-0.2, 0) is 30.3 Å². The minimum absolute atomic E-state index is 0. The smallest absolute Gasteiger partial charge is 0.164 e. The van der Waals surface area contributed by atoms with Crippen molar-refractivity contribution in [2.24, 2.45) is 10.8 Å². The number of ketones is 1. The average molecular weight is 834 g/mol. The van der Waals surface area contributed by atoms with E-state index in [0.717, 1.165) is 56.3 Å². The molecule has 2 aromatic heterocycles. The van der Waals surface area contributed by atoms with Gasteiger partial charge in [0.05, 0.1) is 11.1 Å². The second kappa shape index (κ2) is 13.8. The van der Waals surface area contributed by atoms with E-state index in [1.165, 1.54) is 33.5 Å². The van der Waals surface area contributed by atoms with Gasteiger partial charge in [-0.05, 0) is 66.1 Å². The molecule has 0 aliphatic heterocycles. The zero-order valence-electron chi connectivity index (χ0n) is 31.0. The number of nitrogens with zero attached hydrogens (tertiary/aromatic N) is 2. The van der Waals surface area contributed by atoms with Crippen LogP contribution in [0.5, 0.6) is 0 Å². The molecule has 0 saturated carbocycles. The molecule has 4 aromatic carbocycles. The summed E-state index contributed by atoms with van der Waals surface area (Å²) in [6, 6.07) is 22.8. The number of aliphatic hydroxyl groups is 1. The molecular weight excluding hydrogens is 785 g/mol. The molecule has 6 rings (SSSR count). The van der Waals surface area contributed by atoms with Gasteiger partial charge in [-0.25, -0.2) is 4.98 Å². The zero-order valence-corrected chi connectivity index (χ0v) is 33.4. The van der Waals surface area contributed by atoms with Crippen molar-refractivity contribution in [2.45, 2.75) is 94.9 Å². The molecule has 5 nitrogen and oxygen atoms in total. The van der Waals surface area contributed by atoms with E-state index >= 15 is 0 Å². The summed E-state index contributed by atoms with van der Waals surface area (Å²) in [6.07, 6.45) is 2.18. The third-order valence-electron chi connectivity index (χ3n) is 9.37. The monoisotopic (exact) mass is 834 g/mol. The largest absolute Gasteiger partial charge is 0.512 e. The van der Waals surface area contributed by atoms with Gasteiger partial charge in [-0.1, -0.05) is 110 Å². The molecule has 2 heterocycles. The molecule has 6 aromatic rings. The zero-order chi connectivity index (χ0) is 35.3. The number of benzene rings is 4. The average Bonchev–Trinajstić information content (AvgIpc) is 3.37. The second-order valence-corrected chi connectivity index (χ2v) is 15.8. The molecule has 0 unspecified atom stereocenters. The van der Waals surface area contributed by atoms with E-state index < -0.39 is 5.41 Å².